The van der Waals surface area contributed by atoms with E-state index in [1.54, 1.807) is 0 Å². The van der Waals surface area contributed by atoms with E-state index in [1.165, 1.54) is 24.0 Å². The van der Waals surface area contributed by atoms with Gasteiger partial charge in [-0.2, -0.15) is 0 Å². The first-order valence-electron chi connectivity index (χ1n) is 10.8. The average molecular weight is 510 g/mol. The van der Waals surface area contributed by atoms with E-state index in [1.807, 2.05) is 6.33 Å². The predicted molar refractivity (Wildman–Crippen MR) is 130 cm³/mol. The van der Waals surface area contributed by atoms with Gasteiger partial charge < -0.3 is 15.2 Å². The van der Waals surface area contributed by atoms with Crippen molar-refractivity contribution in [3.05, 3.63) is 47.5 Å². The van der Waals surface area contributed by atoms with Crippen molar-refractivity contribution in [2.75, 3.05) is 13.1 Å². The topological polar surface area (TPSA) is 67.1 Å². The van der Waals surface area contributed by atoms with Gasteiger partial charge in [0, 0.05) is 32.1 Å². The van der Waals surface area contributed by atoms with E-state index in [2.05, 4.69) is 63.5 Å². The van der Waals surface area contributed by atoms with Crippen LogP contribution in [0.2, 0.25) is 0 Å². The Balaban J connectivity index is 0.00000300. The summed E-state index contributed by atoms with van der Waals surface area (Å²) in [6, 6.07) is 9.24. The highest BCUT2D eigenvalue weighted by molar-refractivity contribution is 14.0. The van der Waals surface area contributed by atoms with Crippen molar-refractivity contribution in [2.45, 2.75) is 71.4 Å². The molecule has 0 radical (unpaired) electrons. The van der Waals surface area contributed by atoms with Gasteiger partial charge in [-0.3, -0.25) is 4.99 Å². The quantitative estimate of drug-likeness (QED) is 0.234. The summed E-state index contributed by atoms with van der Waals surface area (Å²) in [7, 11) is 0. The van der Waals surface area contributed by atoms with Crippen molar-refractivity contribution in [2.24, 2.45) is 4.99 Å². The SMILES string of the molecule is CCCCCN=C(NCCn1cnnc1CC)NC1CCc2ccccc2C1.I. The minimum Gasteiger partial charge on any atom is -0.355 e. The molecule has 6 nitrogen and oxygen atoms in total. The van der Waals surface area contributed by atoms with Gasteiger partial charge in [0.05, 0.1) is 0 Å². The molecule has 160 valence electrons. The van der Waals surface area contributed by atoms with Gasteiger partial charge in [-0.15, -0.1) is 34.2 Å². The van der Waals surface area contributed by atoms with E-state index in [9.17, 15) is 0 Å². The molecule has 1 aliphatic carbocycles. The molecule has 1 aromatic heterocycles. The van der Waals surface area contributed by atoms with E-state index >= 15 is 0 Å². The van der Waals surface area contributed by atoms with Crippen LogP contribution in [0.25, 0.3) is 0 Å². The number of hydrogen-bond donors (Lipinski definition) is 2. The highest BCUT2D eigenvalue weighted by Gasteiger charge is 2.19. The number of unbranched alkanes of at least 4 members (excludes halogenated alkanes) is 2. The summed E-state index contributed by atoms with van der Waals surface area (Å²) in [5, 5.41) is 15.4. The number of halogens is 1. The molecule has 2 aromatic rings. The lowest BCUT2D eigenvalue weighted by atomic mass is 9.88. The maximum Gasteiger partial charge on any atom is 0.191 e. The molecule has 7 heteroatoms. The molecule has 0 fully saturated rings. The zero-order valence-electron chi connectivity index (χ0n) is 17.7. The molecule has 0 spiro atoms. The van der Waals surface area contributed by atoms with Crippen molar-refractivity contribution in [3.63, 3.8) is 0 Å². The van der Waals surface area contributed by atoms with Crippen LogP contribution in [0, 0.1) is 0 Å². The molecular formula is C22H35IN6. The predicted octanol–water partition coefficient (Wildman–Crippen LogP) is 3.74. The van der Waals surface area contributed by atoms with Gasteiger partial charge in [0.1, 0.15) is 12.2 Å². The normalized spacial score (nSPS) is 16.1. The lowest BCUT2D eigenvalue weighted by Gasteiger charge is -2.27. The number of benzene rings is 1. The van der Waals surface area contributed by atoms with Crippen LogP contribution in [0.15, 0.2) is 35.6 Å². The molecule has 1 heterocycles. The summed E-state index contributed by atoms with van der Waals surface area (Å²) in [4.78, 5) is 4.83. The average Bonchev–Trinajstić information content (AvgIpc) is 3.18. The Hall–Kier alpha value is -1.64. The van der Waals surface area contributed by atoms with E-state index in [0.29, 0.717) is 6.04 Å². The molecular weight excluding hydrogens is 475 g/mol. The summed E-state index contributed by atoms with van der Waals surface area (Å²) in [6.45, 7) is 6.87. The zero-order chi connectivity index (χ0) is 19.6. The smallest absolute Gasteiger partial charge is 0.191 e. The summed E-state index contributed by atoms with van der Waals surface area (Å²) in [5.41, 5.74) is 2.96. The fourth-order valence-electron chi connectivity index (χ4n) is 3.75. The molecule has 0 amide bonds. The second-order valence-electron chi connectivity index (χ2n) is 7.51. The van der Waals surface area contributed by atoms with Crippen LogP contribution in [-0.2, 0) is 25.8 Å². The van der Waals surface area contributed by atoms with Crippen LogP contribution < -0.4 is 10.6 Å². The Morgan fingerprint density at radius 2 is 2.03 bits per heavy atom. The molecule has 1 aromatic carbocycles. The fourth-order valence-corrected chi connectivity index (χ4v) is 3.75. The van der Waals surface area contributed by atoms with Crippen molar-refractivity contribution in [1.82, 2.24) is 25.4 Å². The monoisotopic (exact) mass is 510 g/mol. The zero-order valence-corrected chi connectivity index (χ0v) is 20.1. The first-order valence-corrected chi connectivity index (χ1v) is 10.8. The first kappa shape index (κ1) is 23.6. The van der Waals surface area contributed by atoms with Crippen LogP contribution in [0.4, 0.5) is 0 Å². The van der Waals surface area contributed by atoms with Gasteiger partial charge in [-0.25, -0.2) is 0 Å². The Kier molecular flexibility index (Phi) is 10.5. The van der Waals surface area contributed by atoms with E-state index in [0.717, 1.165) is 63.5 Å². The second-order valence-corrected chi connectivity index (χ2v) is 7.51. The van der Waals surface area contributed by atoms with Gasteiger partial charge in [0.2, 0.25) is 0 Å². The molecule has 1 unspecified atom stereocenters. The van der Waals surface area contributed by atoms with Gasteiger partial charge in [-0.1, -0.05) is 51.0 Å². The van der Waals surface area contributed by atoms with Crippen LogP contribution in [0.1, 0.15) is 56.5 Å². The van der Waals surface area contributed by atoms with E-state index < -0.39 is 0 Å². The number of aromatic nitrogens is 3. The minimum atomic E-state index is 0. The lowest BCUT2D eigenvalue weighted by Crippen LogP contribution is -2.46. The highest BCUT2D eigenvalue weighted by atomic mass is 127. The Morgan fingerprint density at radius 3 is 2.83 bits per heavy atom. The van der Waals surface area contributed by atoms with E-state index in [4.69, 9.17) is 4.99 Å². The number of guanidine groups is 1. The number of nitrogens with one attached hydrogen (secondary N) is 2. The molecule has 1 atom stereocenters. The summed E-state index contributed by atoms with van der Waals surface area (Å²) in [5.74, 6) is 1.96. The van der Waals surface area contributed by atoms with Gasteiger partial charge in [0.15, 0.2) is 5.96 Å². The van der Waals surface area contributed by atoms with Gasteiger partial charge >= 0.3 is 0 Å². The van der Waals surface area contributed by atoms with Crippen LogP contribution >= 0.6 is 24.0 Å². The van der Waals surface area contributed by atoms with Crippen molar-refractivity contribution >= 4 is 29.9 Å². The van der Waals surface area contributed by atoms with Crippen LogP contribution in [0.3, 0.4) is 0 Å². The molecule has 3 rings (SSSR count). The number of hydrogen-bond acceptors (Lipinski definition) is 3. The first-order chi connectivity index (χ1) is 13.8. The maximum atomic E-state index is 4.83. The third kappa shape index (κ3) is 7.28. The number of rotatable bonds is 9. The number of nitrogens with zero attached hydrogens (tertiary/aromatic N) is 4. The fraction of sp³-hybridized carbons (Fsp3) is 0.591. The molecule has 0 saturated carbocycles. The molecule has 0 bridgehead atoms. The third-order valence-electron chi connectivity index (χ3n) is 5.38. The van der Waals surface area contributed by atoms with Crippen LogP contribution in [-0.4, -0.2) is 39.9 Å². The Morgan fingerprint density at radius 1 is 1.21 bits per heavy atom. The van der Waals surface area contributed by atoms with Gasteiger partial charge in [0.25, 0.3) is 0 Å². The molecule has 0 saturated heterocycles. The van der Waals surface area contributed by atoms with Crippen molar-refractivity contribution in [1.29, 1.82) is 0 Å². The molecule has 2 N–H and O–H groups in total. The molecule has 0 aliphatic heterocycles. The standard InChI is InChI=1S/C22H34N6.HI/c1-3-5-8-13-23-22(24-14-15-28-17-25-27-21(28)4-2)26-20-12-11-18-9-6-7-10-19(18)16-20;/h6-7,9-10,17,20H,3-5,8,11-16H2,1-2H3,(H2,23,24,26);1H. The summed E-state index contributed by atoms with van der Waals surface area (Å²) in [6.07, 6.45) is 9.66. The maximum absolute atomic E-state index is 4.83. The molecule has 29 heavy (non-hydrogen) atoms. The largest absolute Gasteiger partial charge is 0.355 e. The van der Waals surface area contributed by atoms with Crippen LogP contribution in [0.5, 0.6) is 0 Å². The number of aryl methyl sites for hydroxylation is 2. The Labute approximate surface area is 192 Å². The van der Waals surface area contributed by atoms with E-state index in [-0.39, 0.29) is 24.0 Å². The minimum absolute atomic E-state index is 0. The lowest BCUT2D eigenvalue weighted by molar-refractivity contribution is 0.516. The Bertz CT molecular complexity index is 757. The summed E-state index contributed by atoms with van der Waals surface area (Å²) < 4.78 is 2.11. The van der Waals surface area contributed by atoms with Crippen molar-refractivity contribution in [3.8, 4) is 0 Å². The number of aliphatic imine (C=N–C) groups is 1. The highest BCUT2D eigenvalue weighted by Crippen LogP contribution is 2.20. The van der Waals surface area contributed by atoms with Crippen molar-refractivity contribution < 1.29 is 0 Å². The number of fused-ring (bicyclic) bond motifs is 1. The molecule has 1 aliphatic rings. The third-order valence-corrected chi connectivity index (χ3v) is 5.38. The van der Waals surface area contributed by atoms with Gasteiger partial charge in [-0.05, 0) is 36.8 Å². The summed E-state index contributed by atoms with van der Waals surface area (Å²) >= 11 is 0. The second kappa shape index (κ2) is 12.8.